The van der Waals surface area contributed by atoms with Crippen molar-refractivity contribution in [2.45, 2.75) is 19.9 Å². The summed E-state index contributed by atoms with van der Waals surface area (Å²) >= 11 is 0. The Labute approximate surface area is 83.1 Å². The molecule has 1 aliphatic heterocycles. The molecule has 0 spiro atoms. The number of aliphatic carboxylic acids is 1. The smallest absolute Gasteiger partial charge is 0.323 e. The second-order valence-corrected chi connectivity index (χ2v) is 3.90. The number of hydrogen-bond acceptors (Lipinski definition) is 3. The third-order valence-electron chi connectivity index (χ3n) is 2.42. The highest BCUT2D eigenvalue weighted by Gasteiger charge is 2.27. The van der Waals surface area contributed by atoms with Gasteiger partial charge in [0.15, 0.2) is 0 Å². The predicted octanol–water partition coefficient (Wildman–Crippen LogP) is -0.473. The summed E-state index contributed by atoms with van der Waals surface area (Å²) in [5.41, 5.74) is 0. The molecule has 5 nitrogen and oxygen atoms in total. The van der Waals surface area contributed by atoms with Crippen LogP contribution >= 0.6 is 0 Å². The molecule has 1 aliphatic rings. The topological polar surface area (TPSA) is 69.6 Å². The van der Waals surface area contributed by atoms with Crippen LogP contribution in [0.5, 0.6) is 0 Å². The lowest BCUT2D eigenvalue weighted by molar-refractivity contribution is -0.145. The van der Waals surface area contributed by atoms with E-state index in [1.165, 1.54) is 4.90 Å². The summed E-state index contributed by atoms with van der Waals surface area (Å²) < 4.78 is 0. The molecule has 0 unspecified atom stereocenters. The lowest BCUT2D eigenvalue weighted by Gasteiger charge is -2.34. The van der Waals surface area contributed by atoms with Gasteiger partial charge in [-0.15, -0.1) is 0 Å². The van der Waals surface area contributed by atoms with Crippen LogP contribution < -0.4 is 5.32 Å². The molecule has 1 saturated heterocycles. The van der Waals surface area contributed by atoms with Crippen LogP contribution in [0.4, 0.5) is 0 Å². The zero-order valence-electron chi connectivity index (χ0n) is 8.49. The van der Waals surface area contributed by atoms with Gasteiger partial charge in [-0.05, 0) is 5.92 Å². The molecule has 1 fully saturated rings. The molecule has 0 radical (unpaired) electrons. The molecule has 14 heavy (non-hydrogen) atoms. The fraction of sp³-hybridized carbons (Fsp3) is 0.778. The van der Waals surface area contributed by atoms with Crippen LogP contribution in [0.15, 0.2) is 0 Å². The maximum Gasteiger partial charge on any atom is 0.323 e. The van der Waals surface area contributed by atoms with Crippen molar-refractivity contribution in [3.8, 4) is 0 Å². The van der Waals surface area contributed by atoms with E-state index in [-0.39, 0.29) is 25.0 Å². The molecule has 1 heterocycles. The van der Waals surface area contributed by atoms with Crippen molar-refractivity contribution in [3.63, 3.8) is 0 Å². The van der Waals surface area contributed by atoms with Crippen LogP contribution in [0.1, 0.15) is 13.8 Å². The van der Waals surface area contributed by atoms with Gasteiger partial charge in [-0.3, -0.25) is 9.59 Å². The molecule has 5 heteroatoms. The van der Waals surface area contributed by atoms with Gasteiger partial charge in [0.2, 0.25) is 5.91 Å². The molecule has 0 aliphatic carbocycles. The number of piperazine rings is 1. The maximum absolute atomic E-state index is 11.3. The Bertz CT molecular complexity index is 240. The zero-order valence-corrected chi connectivity index (χ0v) is 8.49. The summed E-state index contributed by atoms with van der Waals surface area (Å²) in [7, 11) is 0. The molecule has 2 N–H and O–H groups in total. The average molecular weight is 200 g/mol. The Morgan fingerprint density at radius 2 is 2.36 bits per heavy atom. The molecule has 0 saturated carbocycles. The monoisotopic (exact) mass is 200 g/mol. The van der Waals surface area contributed by atoms with Gasteiger partial charge in [0, 0.05) is 12.6 Å². The molecule has 1 atom stereocenters. The van der Waals surface area contributed by atoms with Gasteiger partial charge >= 0.3 is 5.97 Å². The number of carboxylic acids is 1. The van der Waals surface area contributed by atoms with Gasteiger partial charge in [-0.2, -0.15) is 0 Å². The van der Waals surface area contributed by atoms with Crippen molar-refractivity contribution in [1.82, 2.24) is 10.2 Å². The Hall–Kier alpha value is -1.10. The first-order valence-corrected chi connectivity index (χ1v) is 4.73. The van der Waals surface area contributed by atoms with E-state index < -0.39 is 5.97 Å². The van der Waals surface area contributed by atoms with Crippen molar-refractivity contribution < 1.29 is 14.7 Å². The molecule has 80 valence electrons. The number of hydrogen-bond donors (Lipinski definition) is 2. The highest BCUT2D eigenvalue weighted by atomic mass is 16.4. The summed E-state index contributed by atoms with van der Waals surface area (Å²) in [5.74, 6) is -0.688. The minimum Gasteiger partial charge on any atom is -0.480 e. The summed E-state index contributed by atoms with van der Waals surface area (Å²) in [5, 5.41) is 11.7. The van der Waals surface area contributed by atoms with Crippen molar-refractivity contribution in [2.75, 3.05) is 19.6 Å². The van der Waals surface area contributed by atoms with Crippen molar-refractivity contribution in [1.29, 1.82) is 0 Å². The van der Waals surface area contributed by atoms with E-state index in [0.29, 0.717) is 12.5 Å². The van der Waals surface area contributed by atoms with Gasteiger partial charge in [0.05, 0.1) is 6.54 Å². The highest BCUT2D eigenvalue weighted by molar-refractivity contribution is 5.83. The van der Waals surface area contributed by atoms with Gasteiger partial charge < -0.3 is 15.3 Å². The van der Waals surface area contributed by atoms with E-state index in [0.717, 1.165) is 0 Å². The second kappa shape index (κ2) is 4.41. The number of rotatable bonds is 3. The van der Waals surface area contributed by atoms with Gasteiger partial charge in [0.1, 0.15) is 6.54 Å². The Morgan fingerprint density at radius 1 is 1.71 bits per heavy atom. The van der Waals surface area contributed by atoms with E-state index >= 15 is 0 Å². The molecule has 1 rings (SSSR count). The minimum atomic E-state index is -0.956. The molecule has 1 amide bonds. The van der Waals surface area contributed by atoms with Crippen molar-refractivity contribution in [3.05, 3.63) is 0 Å². The normalized spacial score (nSPS) is 22.9. The van der Waals surface area contributed by atoms with E-state index in [1.807, 2.05) is 13.8 Å². The Kier molecular flexibility index (Phi) is 3.46. The third-order valence-corrected chi connectivity index (χ3v) is 2.42. The maximum atomic E-state index is 11.3. The van der Waals surface area contributed by atoms with Crippen molar-refractivity contribution >= 4 is 11.9 Å². The molecule has 0 aromatic rings. The summed E-state index contributed by atoms with van der Waals surface area (Å²) in [6.45, 7) is 4.64. The highest BCUT2D eigenvalue weighted by Crippen LogP contribution is 2.08. The first kappa shape index (κ1) is 11.0. The first-order chi connectivity index (χ1) is 6.50. The fourth-order valence-corrected chi connectivity index (χ4v) is 1.50. The van der Waals surface area contributed by atoms with Crippen LogP contribution in [0, 0.1) is 5.92 Å². The third kappa shape index (κ3) is 2.70. The van der Waals surface area contributed by atoms with Gasteiger partial charge in [-0.25, -0.2) is 0 Å². The van der Waals surface area contributed by atoms with Crippen molar-refractivity contribution in [2.24, 2.45) is 5.92 Å². The minimum absolute atomic E-state index is 0.135. The number of carbonyl (C=O) groups excluding carboxylic acids is 1. The summed E-state index contributed by atoms with van der Waals surface area (Å²) in [4.78, 5) is 23.2. The lowest BCUT2D eigenvalue weighted by atomic mass is 10.0. The standard InChI is InChI=1S/C9H16N2O3/c1-6(2)7-4-11(5-9(13)14)8(12)3-10-7/h6-7,10H,3-5H2,1-2H3,(H,13,14)/t7-/m0/s1. The average Bonchev–Trinajstić information content (AvgIpc) is 2.07. The van der Waals surface area contributed by atoms with E-state index in [1.54, 1.807) is 0 Å². The number of nitrogens with one attached hydrogen (secondary N) is 1. The first-order valence-electron chi connectivity index (χ1n) is 4.73. The number of carboxylic acid groups (broad SMARTS) is 1. The zero-order chi connectivity index (χ0) is 10.7. The van der Waals surface area contributed by atoms with E-state index in [2.05, 4.69) is 5.32 Å². The molecule has 0 aromatic carbocycles. The predicted molar refractivity (Wildman–Crippen MR) is 50.8 cm³/mol. The Morgan fingerprint density at radius 3 is 2.86 bits per heavy atom. The molecule has 0 aromatic heterocycles. The molecule has 0 bridgehead atoms. The van der Waals surface area contributed by atoms with Crippen LogP contribution in [-0.4, -0.2) is 47.6 Å². The summed E-state index contributed by atoms with van der Waals surface area (Å²) in [6.07, 6.45) is 0. The fourth-order valence-electron chi connectivity index (χ4n) is 1.50. The second-order valence-electron chi connectivity index (χ2n) is 3.90. The van der Waals surface area contributed by atoms with Gasteiger partial charge in [-0.1, -0.05) is 13.8 Å². The molecular formula is C9H16N2O3. The Balaban J connectivity index is 2.55. The van der Waals surface area contributed by atoms with Crippen LogP contribution in [0.3, 0.4) is 0 Å². The van der Waals surface area contributed by atoms with E-state index in [4.69, 9.17) is 5.11 Å². The van der Waals surface area contributed by atoms with Crippen LogP contribution in [0.2, 0.25) is 0 Å². The van der Waals surface area contributed by atoms with Crippen LogP contribution in [-0.2, 0) is 9.59 Å². The van der Waals surface area contributed by atoms with Gasteiger partial charge in [0.25, 0.3) is 0 Å². The number of carbonyl (C=O) groups is 2. The molecular weight excluding hydrogens is 184 g/mol. The quantitative estimate of drug-likeness (QED) is 0.646. The van der Waals surface area contributed by atoms with Crippen LogP contribution in [0.25, 0.3) is 0 Å². The summed E-state index contributed by atoms with van der Waals surface area (Å²) in [6, 6.07) is 0.201. The SMILES string of the molecule is CC(C)[C@@H]1CN(CC(=O)O)C(=O)CN1. The van der Waals surface area contributed by atoms with E-state index in [9.17, 15) is 9.59 Å². The largest absolute Gasteiger partial charge is 0.480 e. The number of amides is 1. The lowest BCUT2D eigenvalue weighted by Crippen LogP contribution is -2.56. The number of nitrogens with zero attached hydrogens (tertiary/aromatic N) is 1.